The van der Waals surface area contributed by atoms with Crippen LogP contribution in [0.25, 0.3) is 0 Å². The number of nitrogens with zero attached hydrogens (tertiary/aromatic N) is 2. The highest BCUT2D eigenvalue weighted by Crippen LogP contribution is 2.26. The van der Waals surface area contributed by atoms with Crippen LogP contribution in [-0.2, 0) is 32.6 Å². The summed E-state index contributed by atoms with van der Waals surface area (Å²) in [5.74, 6) is -0.488. The van der Waals surface area contributed by atoms with E-state index in [0.717, 1.165) is 43.9 Å². The maximum absolute atomic E-state index is 14.1. The first-order valence-corrected chi connectivity index (χ1v) is 17.8. The fourth-order valence-electron chi connectivity index (χ4n) is 5.54. The molecule has 3 aromatic carbocycles. The Morgan fingerprint density at radius 3 is 2.20 bits per heavy atom. The van der Waals surface area contributed by atoms with E-state index in [9.17, 15) is 18.0 Å². The first-order valence-electron chi connectivity index (χ1n) is 14.8. The highest BCUT2D eigenvalue weighted by Gasteiger charge is 2.32. The number of hydrogen-bond donors (Lipinski definition) is 1. The molecule has 2 amide bonds. The standard InChI is InChI=1S/C33H38Cl3N3O4S/c1-44(42,43)39(29-18-16-26(34)17-19-29)20-8-13-32(40)38(23-25-14-15-27(35)22-30(25)36)31(21-24-9-4-2-5-10-24)33(41)37-28-11-6-3-7-12-28/h2,4-5,9-10,14-19,22,28,31H,3,6-8,11-13,20-21,23H2,1H3,(H,37,41)/t31-/m0/s1. The van der Waals surface area contributed by atoms with Crippen LogP contribution >= 0.6 is 34.8 Å². The molecule has 44 heavy (non-hydrogen) atoms. The smallest absolute Gasteiger partial charge is 0.243 e. The molecule has 0 aromatic heterocycles. The number of benzene rings is 3. The van der Waals surface area contributed by atoms with E-state index < -0.39 is 16.1 Å². The molecule has 0 saturated heterocycles. The van der Waals surface area contributed by atoms with Gasteiger partial charge in [-0.05, 0) is 66.8 Å². The number of amides is 2. The second kappa shape index (κ2) is 16.0. The van der Waals surface area contributed by atoms with Gasteiger partial charge in [0.25, 0.3) is 0 Å². The third kappa shape index (κ3) is 9.86. The number of rotatable bonds is 13. The SMILES string of the molecule is CS(=O)(=O)N(CCCC(=O)N(Cc1ccc(Cl)cc1Cl)[C@@H](Cc1ccccc1)C(=O)NC1CCCCC1)c1ccc(Cl)cc1. The minimum absolute atomic E-state index is 0.0207. The highest BCUT2D eigenvalue weighted by atomic mass is 35.5. The van der Waals surface area contributed by atoms with Crippen LogP contribution in [-0.4, -0.2) is 50.0 Å². The number of hydrogen-bond acceptors (Lipinski definition) is 4. The molecule has 11 heteroatoms. The second-order valence-corrected chi connectivity index (χ2v) is 14.4. The van der Waals surface area contributed by atoms with E-state index in [4.69, 9.17) is 34.8 Å². The Bertz CT molecular complexity index is 1510. The van der Waals surface area contributed by atoms with Crippen LogP contribution in [0.5, 0.6) is 0 Å². The molecule has 1 saturated carbocycles. The quantitative estimate of drug-likeness (QED) is 0.206. The van der Waals surface area contributed by atoms with Gasteiger partial charge in [-0.15, -0.1) is 0 Å². The molecule has 236 valence electrons. The molecular weight excluding hydrogens is 641 g/mol. The van der Waals surface area contributed by atoms with Crippen LogP contribution in [0.1, 0.15) is 56.1 Å². The summed E-state index contributed by atoms with van der Waals surface area (Å²) in [7, 11) is -3.62. The molecule has 1 N–H and O–H groups in total. The number of halogens is 3. The zero-order valence-electron chi connectivity index (χ0n) is 24.7. The van der Waals surface area contributed by atoms with E-state index >= 15 is 0 Å². The van der Waals surface area contributed by atoms with Crippen LogP contribution < -0.4 is 9.62 Å². The summed E-state index contributed by atoms with van der Waals surface area (Å²) in [5.41, 5.74) is 2.04. The van der Waals surface area contributed by atoms with Crippen LogP contribution in [0.15, 0.2) is 72.8 Å². The minimum atomic E-state index is -3.62. The Morgan fingerprint density at radius 1 is 0.909 bits per heavy atom. The summed E-state index contributed by atoms with van der Waals surface area (Å²) >= 11 is 18.7. The summed E-state index contributed by atoms with van der Waals surface area (Å²) in [6, 6.07) is 20.4. The average molecular weight is 679 g/mol. The normalized spacial score (nSPS) is 14.5. The first kappa shape index (κ1) is 34.1. The lowest BCUT2D eigenvalue weighted by atomic mass is 9.94. The van der Waals surface area contributed by atoms with Gasteiger partial charge >= 0.3 is 0 Å². The molecule has 1 fully saturated rings. The van der Waals surface area contributed by atoms with Crippen molar-refractivity contribution in [2.45, 2.75) is 70.0 Å². The Labute approximate surface area is 275 Å². The lowest BCUT2D eigenvalue weighted by molar-refractivity contribution is -0.141. The lowest BCUT2D eigenvalue weighted by Crippen LogP contribution is -2.53. The Morgan fingerprint density at radius 2 is 1.57 bits per heavy atom. The maximum atomic E-state index is 14.1. The number of carbonyl (C=O) groups is 2. The Kier molecular flexibility index (Phi) is 12.4. The molecule has 1 aliphatic rings. The number of nitrogens with one attached hydrogen (secondary N) is 1. The molecule has 0 unspecified atom stereocenters. The van der Waals surface area contributed by atoms with Gasteiger partial charge in [-0.25, -0.2) is 8.42 Å². The Hall–Kier alpha value is -2.78. The van der Waals surface area contributed by atoms with Gasteiger partial charge in [0.2, 0.25) is 21.8 Å². The van der Waals surface area contributed by atoms with Crippen LogP contribution in [0.3, 0.4) is 0 Å². The van der Waals surface area contributed by atoms with Gasteiger partial charge in [0.1, 0.15) is 6.04 Å². The van der Waals surface area contributed by atoms with Gasteiger partial charge in [0, 0.05) is 47.0 Å². The molecule has 0 aliphatic heterocycles. The monoisotopic (exact) mass is 677 g/mol. The van der Waals surface area contributed by atoms with Crippen LogP contribution in [0.4, 0.5) is 5.69 Å². The van der Waals surface area contributed by atoms with E-state index in [1.807, 2.05) is 30.3 Å². The molecule has 0 radical (unpaired) electrons. The average Bonchev–Trinajstić information content (AvgIpc) is 2.99. The van der Waals surface area contributed by atoms with Crippen molar-refractivity contribution in [1.29, 1.82) is 0 Å². The topological polar surface area (TPSA) is 86.8 Å². The van der Waals surface area contributed by atoms with E-state index in [1.54, 1.807) is 47.4 Å². The van der Waals surface area contributed by atoms with Gasteiger partial charge in [0.05, 0.1) is 11.9 Å². The van der Waals surface area contributed by atoms with Crippen molar-refractivity contribution in [2.24, 2.45) is 0 Å². The van der Waals surface area contributed by atoms with Crippen LogP contribution in [0.2, 0.25) is 15.1 Å². The number of carbonyl (C=O) groups excluding carboxylic acids is 2. The number of sulfonamides is 1. The molecular formula is C33H38Cl3N3O4S. The predicted octanol–water partition coefficient (Wildman–Crippen LogP) is 7.28. The zero-order chi connectivity index (χ0) is 31.7. The predicted molar refractivity (Wildman–Crippen MR) is 179 cm³/mol. The lowest BCUT2D eigenvalue weighted by Gasteiger charge is -2.34. The van der Waals surface area contributed by atoms with E-state index in [-0.39, 0.29) is 43.8 Å². The Balaban J connectivity index is 1.61. The van der Waals surface area contributed by atoms with E-state index in [2.05, 4.69) is 5.32 Å². The van der Waals surface area contributed by atoms with Gasteiger partial charge in [-0.3, -0.25) is 13.9 Å². The molecule has 1 aliphatic carbocycles. The summed E-state index contributed by atoms with van der Waals surface area (Å²) in [6.07, 6.45) is 6.79. The second-order valence-electron chi connectivity index (χ2n) is 11.2. The van der Waals surface area contributed by atoms with Gasteiger partial charge in [-0.2, -0.15) is 0 Å². The molecule has 1 atom stereocenters. The molecule has 4 rings (SSSR count). The van der Waals surface area contributed by atoms with E-state index in [0.29, 0.717) is 32.7 Å². The van der Waals surface area contributed by atoms with Crippen molar-refractivity contribution in [3.05, 3.63) is 99.0 Å². The molecule has 0 spiro atoms. The van der Waals surface area contributed by atoms with Crippen molar-refractivity contribution in [3.8, 4) is 0 Å². The fourth-order valence-corrected chi connectivity index (χ4v) is 7.10. The van der Waals surface area contributed by atoms with E-state index in [1.165, 1.54) is 4.31 Å². The highest BCUT2D eigenvalue weighted by molar-refractivity contribution is 7.92. The van der Waals surface area contributed by atoms with Crippen LogP contribution in [0, 0.1) is 0 Å². The van der Waals surface area contributed by atoms with Crippen molar-refractivity contribution < 1.29 is 18.0 Å². The first-order chi connectivity index (χ1) is 21.0. The fraction of sp³-hybridized carbons (Fsp3) is 0.394. The molecule has 0 bridgehead atoms. The van der Waals surface area contributed by atoms with Crippen molar-refractivity contribution in [1.82, 2.24) is 10.2 Å². The molecule has 3 aromatic rings. The minimum Gasteiger partial charge on any atom is -0.352 e. The third-order valence-electron chi connectivity index (χ3n) is 7.85. The molecule has 7 nitrogen and oxygen atoms in total. The summed E-state index contributed by atoms with van der Waals surface area (Å²) < 4.78 is 26.5. The molecule has 0 heterocycles. The van der Waals surface area contributed by atoms with Gasteiger partial charge in [0.15, 0.2) is 0 Å². The summed E-state index contributed by atoms with van der Waals surface area (Å²) in [6.45, 7) is 0.177. The van der Waals surface area contributed by atoms with Gasteiger partial charge in [-0.1, -0.05) is 90.5 Å². The third-order valence-corrected chi connectivity index (χ3v) is 9.88. The van der Waals surface area contributed by atoms with Crippen molar-refractivity contribution in [3.63, 3.8) is 0 Å². The summed E-state index contributed by atoms with van der Waals surface area (Å²) in [5, 5.41) is 4.57. The largest absolute Gasteiger partial charge is 0.352 e. The maximum Gasteiger partial charge on any atom is 0.243 e. The van der Waals surface area contributed by atoms with Gasteiger partial charge < -0.3 is 10.2 Å². The van der Waals surface area contributed by atoms with Crippen molar-refractivity contribution >= 4 is 62.3 Å². The van der Waals surface area contributed by atoms with Crippen molar-refractivity contribution in [2.75, 3.05) is 17.1 Å². The zero-order valence-corrected chi connectivity index (χ0v) is 27.8. The summed E-state index contributed by atoms with van der Waals surface area (Å²) in [4.78, 5) is 29.6. The number of anilines is 1.